The number of methoxy groups -OCH3 is 1. The number of unbranched alkanes of at least 4 members (excludes halogenated alkanes) is 3. The standard InChI is InChI=1S/C18H33NO8/c1-3-8-13-16(22)14(19-15(21)11-20)12-27-18(13,17(23)24)26-10-7-5-4-6-9-25-2/h13-14,16,20,22H,3-12H2,1-2H3,(H,19,21)(H,23,24). The van der Waals surface area contributed by atoms with E-state index in [0.717, 1.165) is 19.3 Å². The van der Waals surface area contributed by atoms with Crippen molar-refractivity contribution in [1.29, 1.82) is 0 Å². The van der Waals surface area contributed by atoms with E-state index in [1.807, 2.05) is 6.92 Å². The van der Waals surface area contributed by atoms with Crippen LogP contribution in [0.1, 0.15) is 45.4 Å². The molecule has 4 unspecified atom stereocenters. The van der Waals surface area contributed by atoms with Gasteiger partial charge in [-0.3, -0.25) is 4.79 Å². The molecule has 1 heterocycles. The van der Waals surface area contributed by atoms with Crippen molar-refractivity contribution in [3.63, 3.8) is 0 Å². The van der Waals surface area contributed by atoms with Gasteiger partial charge >= 0.3 is 5.97 Å². The average molecular weight is 391 g/mol. The second kappa shape index (κ2) is 12.2. The number of carbonyl (C=O) groups is 2. The van der Waals surface area contributed by atoms with Gasteiger partial charge < -0.3 is 34.8 Å². The maximum absolute atomic E-state index is 12.0. The molecule has 0 saturated carbocycles. The molecule has 1 rings (SSSR count). The first kappa shape index (κ1) is 23.8. The summed E-state index contributed by atoms with van der Waals surface area (Å²) in [6, 6.07) is -0.800. The van der Waals surface area contributed by atoms with E-state index in [2.05, 4.69) is 5.32 Å². The first-order valence-corrected chi connectivity index (χ1v) is 9.51. The van der Waals surface area contributed by atoms with Crippen molar-refractivity contribution in [2.75, 3.05) is 33.5 Å². The van der Waals surface area contributed by atoms with Crippen molar-refractivity contribution >= 4 is 11.9 Å². The van der Waals surface area contributed by atoms with Crippen molar-refractivity contribution in [3.8, 4) is 0 Å². The zero-order valence-electron chi connectivity index (χ0n) is 16.2. The number of carbonyl (C=O) groups excluding carboxylic acids is 1. The molecule has 9 heteroatoms. The normalized spacial score (nSPS) is 28.1. The molecule has 1 amide bonds. The molecule has 1 saturated heterocycles. The Bertz CT molecular complexity index is 461. The summed E-state index contributed by atoms with van der Waals surface area (Å²) in [6.07, 6.45) is 3.23. The van der Waals surface area contributed by atoms with Crippen molar-refractivity contribution in [3.05, 3.63) is 0 Å². The summed E-state index contributed by atoms with van der Waals surface area (Å²) in [5.41, 5.74) is 0. The topological polar surface area (TPSA) is 135 Å². The molecule has 0 aromatic heterocycles. The highest BCUT2D eigenvalue weighted by Gasteiger charge is 2.56. The second-order valence-electron chi connectivity index (χ2n) is 6.76. The highest BCUT2D eigenvalue weighted by atomic mass is 16.7. The molecule has 0 bridgehead atoms. The minimum Gasteiger partial charge on any atom is -0.477 e. The number of amides is 1. The molecule has 0 spiro atoms. The summed E-state index contributed by atoms with van der Waals surface area (Å²) < 4.78 is 16.2. The van der Waals surface area contributed by atoms with Crippen LogP contribution in [0.5, 0.6) is 0 Å². The van der Waals surface area contributed by atoms with Crippen LogP contribution < -0.4 is 5.32 Å². The Labute approximate surface area is 160 Å². The van der Waals surface area contributed by atoms with Gasteiger partial charge in [0.25, 0.3) is 5.79 Å². The van der Waals surface area contributed by atoms with Gasteiger partial charge in [-0.25, -0.2) is 4.79 Å². The van der Waals surface area contributed by atoms with E-state index in [0.29, 0.717) is 25.9 Å². The molecular weight excluding hydrogens is 358 g/mol. The maximum Gasteiger partial charge on any atom is 0.364 e. The number of hydrogen-bond acceptors (Lipinski definition) is 7. The monoisotopic (exact) mass is 391 g/mol. The summed E-state index contributed by atoms with van der Waals surface area (Å²) in [6.45, 7) is 1.82. The van der Waals surface area contributed by atoms with E-state index >= 15 is 0 Å². The van der Waals surface area contributed by atoms with Crippen LogP contribution >= 0.6 is 0 Å². The van der Waals surface area contributed by atoms with Crippen LogP contribution in [0.3, 0.4) is 0 Å². The van der Waals surface area contributed by atoms with Crippen molar-refractivity contribution in [2.24, 2.45) is 5.92 Å². The number of hydrogen-bond donors (Lipinski definition) is 4. The van der Waals surface area contributed by atoms with E-state index in [1.54, 1.807) is 7.11 Å². The van der Waals surface area contributed by atoms with Crippen LogP contribution in [0.15, 0.2) is 0 Å². The predicted octanol–water partition coefficient (Wildman–Crippen LogP) is 0.275. The molecule has 0 aromatic carbocycles. The average Bonchev–Trinajstić information content (AvgIpc) is 2.65. The molecule has 9 nitrogen and oxygen atoms in total. The van der Waals surface area contributed by atoms with Gasteiger partial charge in [-0.15, -0.1) is 0 Å². The molecule has 27 heavy (non-hydrogen) atoms. The van der Waals surface area contributed by atoms with Gasteiger partial charge in [0.15, 0.2) is 0 Å². The Kier molecular flexibility index (Phi) is 10.8. The molecule has 0 aliphatic carbocycles. The van der Waals surface area contributed by atoms with E-state index in [4.69, 9.17) is 19.3 Å². The van der Waals surface area contributed by atoms with Gasteiger partial charge in [0.1, 0.15) is 6.61 Å². The number of carboxylic acid groups (broad SMARTS) is 1. The number of rotatable bonds is 13. The summed E-state index contributed by atoms with van der Waals surface area (Å²) in [5, 5.41) is 31.8. The van der Waals surface area contributed by atoms with E-state index < -0.39 is 42.3 Å². The molecule has 0 radical (unpaired) electrons. The lowest BCUT2D eigenvalue weighted by atomic mass is 9.82. The fourth-order valence-electron chi connectivity index (χ4n) is 3.33. The number of aliphatic hydroxyl groups excluding tert-OH is 2. The van der Waals surface area contributed by atoms with Gasteiger partial charge in [-0.1, -0.05) is 26.2 Å². The largest absolute Gasteiger partial charge is 0.477 e. The number of aliphatic carboxylic acids is 1. The summed E-state index contributed by atoms with van der Waals surface area (Å²) in [7, 11) is 1.65. The van der Waals surface area contributed by atoms with Crippen molar-refractivity contribution < 1.29 is 39.1 Å². The molecule has 1 fully saturated rings. The van der Waals surface area contributed by atoms with Gasteiger partial charge in [-0.2, -0.15) is 0 Å². The molecule has 0 aromatic rings. The van der Waals surface area contributed by atoms with Crippen LogP contribution in [0.4, 0.5) is 0 Å². The van der Waals surface area contributed by atoms with Crippen LogP contribution in [0.2, 0.25) is 0 Å². The van der Waals surface area contributed by atoms with E-state index in [9.17, 15) is 19.8 Å². The van der Waals surface area contributed by atoms with E-state index in [1.165, 1.54) is 0 Å². The fraction of sp³-hybridized carbons (Fsp3) is 0.889. The molecular formula is C18H33NO8. The van der Waals surface area contributed by atoms with Crippen LogP contribution in [-0.2, 0) is 23.8 Å². The highest BCUT2D eigenvalue weighted by molar-refractivity contribution is 5.78. The zero-order valence-corrected chi connectivity index (χ0v) is 16.2. The third-order valence-corrected chi connectivity index (χ3v) is 4.74. The lowest BCUT2D eigenvalue weighted by molar-refractivity contribution is -0.302. The van der Waals surface area contributed by atoms with Crippen LogP contribution in [0, 0.1) is 5.92 Å². The van der Waals surface area contributed by atoms with Crippen LogP contribution in [0.25, 0.3) is 0 Å². The first-order valence-electron chi connectivity index (χ1n) is 9.51. The molecule has 4 atom stereocenters. The van der Waals surface area contributed by atoms with Gasteiger partial charge in [-0.05, 0) is 19.3 Å². The van der Waals surface area contributed by atoms with E-state index in [-0.39, 0.29) is 13.2 Å². The maximum atomic E-state index is 12.0. The zero-order chi connectivity index (χ0) is 20.3. The highest BCUT2D eigenvalue weighted by Crippen LogP contribution is 2.37. The van der Waals surface area contributed by atoms with Gasteiger partial charge in [0.2, 0.25) is 5.91 Å². The summed E-state index contributed by atoms with van der Waals surface area (Å²) in [5.74, 6) is -4.72. The Morgan fingerprint density at radius 2 is 1.89 bits per heavy atom. The number of aliphatic hydroxyl groups is 2. The second-order valence-corrected chi connectivity index (χ2v) is 6.76. The Balaban J connectivity index is 2.74. The quantitative estimate of drug-likeness (QED) is 0.329. The van der Waals surface area contributed by atoms with Gasteiger partial charge in [0, 0.05) is 13.7 Å². The molecule has 1 aliphatic rings. The van der Waals surface area contributed by atoms with Crippen molar-refractivity contribution in [2.45, 2.75) is 63.4 Å². The lowest BCUT2D eigenvalue weighted by Gasteiger charge is -2.46. The molecule has 158 valence electrons. The smallest absolute Gasteiger partial charge is 0.364 e. The number of ether oxygens (including phenoxy) is 3. The van der Waals surface area contributed by atoms with Gasteiger partial charge in [0.05, 0.1) is 31.3 Å². The Hall–Kier alpha value is -1.26. The number of carboxylic acids is 1. The number of nitrogens with one attached hydrogen (secondary N) is 1. The summed E-state index contributed by atoms with van der Waals surface area (Å²) in [4.78, 5) is 23.4. The minimum atomic E-state index is -1.94. The Morgan fingerprint density at radius 3 is 2.44 bits per heavy atom. The minimum absolute atomic E-state index is 0.194. The third-order valence-electron chi connectivity index (χ3n) is 4.74. The molecule has 4 N–H and O–H groups in total. The Morgan fingerprint density at radius 1 is 1.22 bits per heavy atom. The lowest BCUT2D eigenvalue weighted by Crippen LogP contribution is -2.65. The van der Waals surface area contributed by atoms with Crippen molar-refractivity contribution in [1.82, 2.24) is 5.32 Å². The van der Waals surface area contributed by atoms with Crippen LogP contribution in [-0.4, -0.2) is 78.7 Å². The fourth-order valence-corrected chi connectivity index (χ4v) is 3.33. The SMILES string of the molecule is CCCC1C(O)C(NC(=O)CO)COC1(OCCCCCCOC)C(=O)O. The predicted molar refractivity (Wildman–Crippen MR) is 96.0 cm³/mol. The summed E-state index contributed by atoms with van der Waals surface area (Å²) >= 11 is 0. The first-order chi connectivity index (χ1) is 12.9. The third kappa shape index (κ3) is 6.69. The molecule has 1 aliphatic heterocycles.